The third kappa shape index (κ3) is 4.28. The second-order valence-electron chi connectivity index (χ2n) is 7.75. The van der Waals surface area contributed by atoms with E-state index >= 15 is 0 Å². The molecule has 1 aliphatic rings. The number of methoxy groups -OCH3 is 2. The van der Waals surface area contributed by atoms with Gasteiger partial charge in [0.2, 0.25) is 5.91 Å². The number of carbonyl (C=O) groups excluding carboxylic acids is 1. The molecule has 1 amide bonds. The third-order valence-corrected chi connectivity index (χ3v) is 5.75. The second kappa shape index (κ2) is 9.12. The summed E-state index contributed by atoms with van der Waals surface area (Å²) in [5.74, 6) is 7.53. The zero-order valence-electron chi connectivity index (χ0n) is 18.6. The number of carbonyl (C=O) groups is 1. The monoisotopic (exact) mass is 447 g/mol. The van der Waals surface area contributed by atoms with Crippen LogP contribution in [0.15, 0.2) is 41.8 Å². The molecule has 2 aromatic heterocycles. The van der Waals surface area contributed by atoms with E-state index in [1.54, 1.807) is 37.3 Å². The highest BCUT2D eigenvalue weighted by molar-refractivity contribution is 5.94. The van der Waals surface area contributed by atoms with Crippen molar-refractivity contribution < 1.29 is 14.3 Å². The molecule has 9 heteroatoms. The van der Waals surface area contributed by atoms with Crippen molar-refractivity contribution >= 4 is 22.6 Å². The van der Waals surface area contributed by atoms with Gasteiger partial charge in [-0.3, -0.25) is 9.59 Å². The summed E-state index contributed by atoms with van der Waals surface area (Å²) in [6, 6.07) is 5.25. The molecular formula is C24H25N5O4. The maximum absolute atomic E-state index is 12.7. The van der Waals surface area contributed by atoms with Gasteiger partial charge in [-0.25, -0.2) is 5.10 Å². The van der Waals surface area contributed by atoms with Crippen LogP contribution in [-0.2, 0) is 4.79 Å². The zero-order valence-corrected chi connectivity index (χ0v) is 18.6. The number of hydrogen-bond donors (Lipinski definition) is 2. The van der Waals surface area contributed by atoms with E-state index in [1.165, 1.54) is 6.08 Å². The highest BCUT2D eigenvalue weighted by Crippen LogP contribution is 2.30. The Hall–Kier alpha value is -4.19. The van der Waals surface area contributed by atoms with Gasteiger partial charge in [-0.2, -0.15) is 5.10 Å². The minimum Gasteiger partial charge on any atom is -0.497 e. The summed E-state index contributed by atoms with van der Waals surface area (Å²) in [5.41, 5.74) is 7.45. The van der Waals surface area contributed by atoms with Crippen LogP contribution in [0.5, 0.6) is 11.5 Å². The van der Waals surface area contributed by atoms with Gasteiger partial charge in [0.1, 0.15) is 17.0 Å². The zero-order chi connectivity index (χ0) is 23.5. The Kier molecular flexibility index (Phi) is 6.09. The molecule has 0 aliphatic carbocycles. The molecule has 0 spiro atoms. The number of nitrogens with one attached hydrogen (secondary N) is 1. The number of piperidine rings is 1. The highest BCUT2D eigenvalue weighted by Gasteiger charge is 2.26. The molecule has 1 atom stereocenters. The van der Waals surface area contributed by atoms with E-state index in [-0.39, 0.29) is 23.3 Å². The lowest BCUT2D eigenvalue weighted by Crippen LogP contribution is -2.40. The number of amides is 1. The van der Waals surface area contributed by atoms with Gasteiger partial charge in [0, 0.05) is 30.9 Å². The van der Waals surface area contributed by atoms with Crippen LogP contribution < -0.4 is 20.8 Å². The normalized spacial score (nSPS) is 15.6. The first-order valence-corrected chi connectivity index (χ1v) is 10.5. The van der Waals surface area contributed by atoms with E-state index in [1.807, 2.05) is 10.8 Å². The molecule has 1 aromatic carbocycles. The number of anilines is 1. The largest absolute Gasteiger partial charge is 0.497 e. The Labute approximate surface area is 190 Å². The number of nitrogens with two attached hydrogens (primary N) is 1. The summed E-state index contributed by atoms with van der Waals surface area (Å²) >= 11 is 0. The number of nitrogen functional groups attached to an aromatic ring is 1. The van der Waals surface area contributed by atoms with Crippen molar-refractivity contribution in [2.75, 3.05) is 33.0 Å². The number of ether oxygens (including phenoxy) is 2. The lowest BCUT2D eigenvalue weighted by molar-refractivity contribution is -0.127. The Morgan fingerprint density at radius 2 is 2.00 bits per heavy atom. The Morgan fingerprint density at radius 3 is 2.67 bits per heavy atom. The Balaban J connectivity index is 1.81. The van der Waals surface area contributed by atoms with Gasteiger partial charge in [0.15, 0.2) is 5.82 Å². The van der Waals surface area contributed by atoms with Crippen LogP contribution in [0.25, 0.3) is 10.9 Å². The summed E-state index contributed by atoms with van der Waals surface area (Å²) in [6.07, 6.45) is 4.75. The standard InChI is InChI=1S/C24H25N5O4/c1-4-20(30)28-9-5-6-17(14-28)29-13-16(21-22(29)24(31)27-26-23(21)25)8-7-15-10-18(32-2)12-19(11-15)33-3/h4,10-13,17H,1,5-6,9,14H2,2-3H3,(H2,25,26)(H,27,31)/t17-/m0/s1. The number of aromatic amines is 1. The summed E-state index contributed by atoms with van der Waals surface area (Å²) in [7, 11) is 3.14. The van der Waals surface area contributed by atoms with E-state index in [4.69, 9.17) is 15.2 Å². The quantitative estimate of drug-likeness (QED) is 0.467. The van der Waals surface area contributed by atoms with Crippen LogP contribution in [0, 0.1) is 11.8 Å². The molecule has 3 heterocycles. The molecule has 4 rings (SSSR count). The number of fused-ring (bicyclic) bond motifs is 1. The number of rotatable bonds is 4. The fourth-order valence-corrected chi connectivity index (χ4v) is 4.15. The molecule has 33 heavy (non-hydrogen) atoms. The van der Waals surface area contributed by atoms with Crippen molar-refractivity contribution in [1.29, 1.82) is 0 Å². The summed E-state index contributed by atoms with van der Waals surface area (Å²) in [6.45, 7) is 4.70. The molecule has 3 N–H and O–H groups in total. The van der Waals surface area contributed by atoms with Crippen LogP contribution >= 0.6 is 0 Å². The second-order valence-corrected chi connectivity index (χ2v) is 7.75. The number of nitrogens with zero attached hydrogens (tertiary/aromatic N) is 3. The predicted octanol–water partition coefficient (Wildman–Crippen LogP) is 2.07. The summed E-state index contributed by atoms with van der Waals surface area (Å²) in [4.78, 5) is 26.6. The van der Waals surface area contributed by atoms with Gasteiger partial charge in [-0.15, -0.1) is 0 Å². The average molecular weight is 447 g/mol. The van der Waals surface area contributed by atoms with Gasteiger partial charge in [0.25, 0.3) is 5.56 Å². The van der Waals surface area contributed by atoms with E-state index in [0.29, 0.717) is 46.6 Å². The molecule has 1 fully saturated rings. The number of hydrogen-bond acceptors (Lipinski definition) is 6. The molecular weight excluding hydrogens is 422 g/mol. The van der Waals surface area contributed by atoms with Crippen LogP contribution in [0.3, 0.4) is 0 Å². The third-order valence-electron chi connectivity index (χ3n) is 5.75. The molecule has 1 aliphatic heterocycles. The van der Waals surface area contributed by atoms with Crippen molar-refractivity contribution in [3.8, 4) is 23.3 Å². The molecule has 0 bridgehead atoms. The van der Waals surface area contributed by atoms with Crippen LogP contribution in [0.2, 0.25) is 0 Å². The minimum absolute atomic E-state index is 0.0967. The van der Waals surface area contributed by atoms with E-state index in [0.717, 1.165) is 12.8 Å². The van der Waals surface area contributed by atoms with Crippen LogP contribution in [0.4, 0.5) is 5.82 Å². The maximum Gasteiger partial charge on any atom is 0.288 e. The smallest absolute Gasteiger partial charge is 0.288 e. The first kappa shape index (κ1) is 22.0. The Morgan fingerprint density at radius 1 is 1.27 bits per heavy atom. The topological polar surface area (TPSA) is 115 Å². The lowest BCUT2D eigenvalue weighted by atomic mass is 10.1. The maximum atomic E-state index is 12.7. The number of benzene rings is 1. The molecule has 0 saturated carbocycles. The average Bonchev–Trinajstić information content (AvgIpc) is 3.25. The van der Waals surface area contributed by atoms with Gasteiger partial charge < -0.3 is 24.7 Å². The van der Waals surface area contributed by atoms with Crippen LogP contribution in [-0.4, -0.2) is 52.9 Å². The number of H-pyrrole nitrogens is 1. The van der Waals surface area contributed by atoms with Crippen molar-refractivity contribution in [1.82, 2.24) is 19.7 Å². The van der Waals surface area contributed by atoms with Crippen molar-refractivity contribution in [3.05, 3.63) is 58.5 Å². The minimum atomic E-state index is -0.359. The fraction of sp³-hybridized carbons (Fsp3) is 0.292. The molecule has 0 unspecified atom stereocenters. The van der Waals surface area contributed by atoms with Gasteiger partial charge in [0.05, 0.1) is 31.2 Å². The molecule has 0 radical (unpaired) electrons. The van der Waals surface area contributed by atoms with Crippen molar-refractivity contribution in [2.24, 2.45) is 0 Å². The Bertz CT molecular complexity index is 1320. The number of likely N-dealkylation sites (tertiary alicyclic amines) is 1. The summed E-state index contributed by atoms with van der Waals surface area (Å²) < 4.78 is 12.5. The SMILES string of the molecule is C=CC(=O)N1CCC[C@H](n2cc(C#Cc3cc(OC)cc(OC)c3)c3c(N)n[nH]c(=O)c32)C1. The van der Waals surface area contributed by atoms with Gasteiger partial charge in [-0.05, 0) is 31.1 Å². The van der Waals surface area contributed by atoms with Gasteiger partial charge >= 0.3 is 0 Å². The fourth-order valence-electron chi connectivity index (χ4n) is 4.15. The molecule has 1 saturated heterocycles. The lowest BCUT2D eigenvalue weighted by Gasteiger charge is -2.33. The summed E-state index contributed by atoms with van der Waals surface area (Å²) in [5, 5.41) is 6.88. The predicted molar refractivity (Wildman–Crippen MR) is 125 cm³/mol. The van der Waals surface area contributed by atoms with E-state index in [2.05, 4.69) is 28.6 Å². The number of aromatic nitrogens is 3. The first-order valence-electron chi connectivity index (χ1n) is 10.5. The molecule has 170 valence electrons. The van der Waals surface area contributed by atoms with Gasteiger partial charge in [-0.1, -0.05) is 18.4 Å². The van der Waals surface area contributed by atoms with E-state index in [9.17, 15) is 9.59 Å². The molecule has 3 aromatic rings. The highest BCUT2D eigenvalue weighted by atomic mass is 16.5. The molecule has 9 nitrogen and oxygen atoms in total. The van der Waals surface area contributed by atoms with Crippen molar-refractivity contribution in [2.45, 2.75) is 18.9 Å². The van der Waals surface area contributed by atoms with Crippen molar-refractivity contribution in [3.63, 3.8) is 0 Å². The van der Waals surface area contributed by atoms with Crippen LogP contribution in [0.1, 0.15) is 30.0 Å². The van der Waals surface area contributed by atoms with E-state index < -0.39 is 0 Å². The first-order chi connectivity index (χ1) is 15.9.